The van der Waals surface area contributed by atoms with Crippen LogP contribution in [0.1, 0.15) is 29.8 Å². The van der Waals surface area contributed by atoms with Crippen molar-refractivity contribution in [1.29, 1.82) is 0 Å². The summed E-state index contributed by atoms with van der Waals surface area (Å²) in [5, 5.41) is 2.25. The monoisotopic (exact) mass is 474 g/mol. The number of sulfone groups is 1. The molecule has 0 atom stereocenters. The summed E-state index contributed by atoms with van der Waals surface area (Å²) in [5.41, 5.74) is 0.358. The SMILES string of the molecule is O=C(Nc1ccc(S(=O)(=O)N2CCCCC2)cc1)c1ccc(S(=O)(=O)c2ccccc2)o1. The number of anilines is 1. The smallest absolute Gasteiger partial charge is 0.291 e. The lowest BCUT2D eigenvalue weighted by atomic mass is 10.2. The number of hydrogen-bond donors (Lipinski definition) is 1. The van der Waals surface area contributed by atoms with Crippen molar-refractivity contribution in [1.82, 2.24) is 4.31 Å². The quantitative estimate of drug-likeness (QED) is 0.585. The molecule has 32 heavy (non-hydrogen) atoms. The maximum atomic E-state index is 12.7. The Morgan fingerprint density at radius 2 is 1.44 bits per heavy atom. The molecule has 10 heteroatoms. The van der Waals surface area contributed by atoms with Gasteiger partial charge in [0.05, 0.1) is 9.79 Å². The first-order valence-corrected chi connectivity index (χ1v) is 13.0. The van der Waals surface area contributed by atoms with Crippen LogP contribution in [-0.4, -0.2) is 40.1 Å². The highest BCUT2D eigenvalue weighted by molar-refractivity contribution is 7.91. The van der Waals surface area contributed by atoms with Crippen LogP contribution in [-0.2, 0) is 19.9 Å². The summed E-state index contributed by atoms with van der Waals surface area (Å²) in [4.78, 5) is 12.7. The Bertz CT molecular complexity index is 1310. The average molecular weight is 475 g/mol. The van der Waals surface area contributed by atoms with Crippen LogP contribution >= 0.6 is 0 Å². The third-order valence-electron chi connectivity index (χ3n) is 5.19. The van der Waals surface area contributed by atoms with Crippen molar-refractivity contribution >= 4 is 31.5 Å². The number of rotatable bonds is 6. The molecule has 2 heterocycles. The summed E-state index contributed by atoms with van der Waals surface area (Å²) < 4.78 is 57.4. The second-order valence-electron chi connectivity index (χ2n) is 7.38. The van der Waals surface area contributed by atoms with Crippen molar-refractivity contribution in [2.24, 2.45) is 0 Å². The molecule has 0 radical (unpaired) electrons. The molecular weight excluding hydrogens is 452 g/mol. The van der Waals surface area contributed by atoms with Gasteiger partial charge in [-0.15, -0.1) is 0 Å². The molecule has 1 aromatic heterocycles. The predicted molar refractivity (Wildman–Crippen MR) is 118 cm³/mol. The maximum Gasteiger partial charge on any atom is 0.291 e. The van der Waals surface area contributed by atoms with Gasteiger partial charge in [0, 0.05) is 18.8 Å². The molecule has 0 unspecified atom stereocenters. The number of hydrogen-bond acceptors (Lipinski definition) is 6. The first kappa shape index (κ1) is 22.3. The van der Waals surface area contributed by atoms with Gasteiger partial charge >= 0.3 is 0 Å². The van der Waals surface area contributed by atoms with E-state index in [1.807, 2.05) is 0 Å². The molecule has 4 rings (SSSR count). The summed E-state index contributed by atoms with van der Waals surface area (Å²) >= 11 is 0. The number of piperidine rings is 1. The third kappa shape index (κ3) is 4.47. The highest BCUT2D eigenvalue weighted by atomic mass is 32.2. The number of nitrogens with one attached hydrogen (secondary N) is 1. The molecule has 8 nitrogen and oxygen atoms in total. The second-order valence-corrected chi connectivity index (χ2v) is 11.2. The fraction of sp³-hybridized carbons (Fsp3) is 0.227. The van der Waals surface area contributed by atoms with Crippen molar-refractivity contribution in [2.45, 2.75) is 34.1 Å². The van der Waals surface area contributed by atoms with Crippen LogP contribution in [0.2, 0.25) is 0 Å². The summed E-state index contributed by atoms with van der Waals surface area (Å²) in [6.45, 7) is 1.01. The largest absolute Gasteiger partial charge is 0.439 e. The Labute approximate surface area is 186 Å². The normalized spacial score (nSPS) is 15.4. The van der Waals surface area contributed by atoms with Gasteiger partial charge < -0.3 is 9.73 Å². The molecule has 1 N–H and O–H groups in total. The molecule has 1 aliphatic heterocycles. The molecule has 168 valence electrons. The second kappa shape index (κ2) is 8.89. The van der Waals surface area contributed by atoms with Gasteiger partial charge in [0.25, 0.3) is 5.91 Å². The Hall–Kier alpha value is -2.95. The van der Waals surface area contributed by atoms with E-state index in [0.717, 1.165) is 19.3 Å². The van der Waals surface area contributed by atoms with E-state index >= 15 is 0 Å². The maximum absolute atomic E-state index is 12.7. The molecule has 0 spiro atoms. The number of amides is 1. The average Bonchev–Trinajstić information content (AvgIpc) is 3.32. The van der Waals surface area contributed by atoms with Crippen molar-refractivity contribution < 1.29 is 26.0 Å². The molecule has 1 fully saturated rings. The molecule has 2 aromatic carbocycles. The molecule has 3 aromatic rings. The number of benzene rings is 2. The first-order valence-electron chi connectivity index (χ1n) is 10.1. The molecular formula is C22H22N2O6S2. The van der Waals surface area contributed by atoms with Crippen LogP contribution < -0.4 is 5.32 Å². The van der Waals surface area contributed by atoms with Gasteiger partial charge in [-0.25, -0.2) is 16.8 Å². The Morgan fingerprint density at radius 1 is 0.781 bits per heavy atom. The van der Waals surface area contributed by atoms with Gasteiger partial charge in [-0.1, -0.05) is 24.6 Å². The van der Waals surface area contributed by atoms with Gasteiger partial charge in [0.2, 0.25) is 25.0 Å². The van der Waals surface area contributed by atoms with Crippen molar-refractivity contribution in [2.75, 3.05) is 18.4 Å². The van der Waals surface area contributed by atoms with E-state index in [-0.39, 0.29) is 20.6 Å². The van der Waals surface area contributed by atoms with E-state index in [9.17, 15) is 21.6 Å². The van der Waals surface area contributed by atoms with Crippen molar-refractivity contribution in [3.05, 3.63) is 72.5 Å². The lowest BCUT2D eigenvalue weighted by Crippen LogP contribution is -2.35. The van der Waals surface area contributed by atoms with Gasteiger partial charge in [0.15, 0.2) is 5.76 Å². The minimum Gasteiger partial charge on any atom is -0.439 e. The summed E-state index contributed by atoms with van der Waals surface area (Å²) in [7, 11) is -7.44. The van der Waals surface area contributed by atoms with Gasteiger partial charge in [0.1, 0.15) is 0 Å². The Balaban J connectivity index is 1.47. The highest BCUT2D eigenvalue weighted by Crippen LogP contribution is 2.24. The number of sulfonamides is 1. The van der Waals surface area contributed by atoms with E-state index < -0.39 is 25.8 Å². The fourth-order valence-corrected chi connectivity index (χ4v) is 6.17. The first-order chi connectivity index (χ1) is 15.3. The molecule has 1 aliphatic rings. The Morgan fingerprint density at radius 3 is 2.09 bits per heavy atom. The Kier molecular flexibility index (Phi) is 6.18. The molecule has 1 amide bonds. The van der Waals surface area contributed by atoms with Gasteiger partial charge in [-0.05, 0) is 61.4 Å². The number of carbonyl (C=O) groups is 1. The standard InChI is InChI=1S/C22H22N2O6S2/c25-22(20-13-14-21(30-20)31(26,27)18-7-3-1-4-8-18)23-17-9-11-19(12-10-17)32(28,29)24-15-5-2-6-16-24/h1,3-4,7-14H,2,5-6,15-16H2,(H,23,25). The summed E-state index contributed by atoms with van der Waals surface area (Å²) in [5.74, 6) is -0.823. The van der Waals surface area contributed by atoms with Crippen LogP contribution in [0, 0.1) is 0 Å². The zero-order valence-corrected chi connectivity index (χ0v) is 18.7. The summed E-state index contributed by atoms with van der Waals surface area (Å²) in [6, 6.07) is 16.1. The van der Waals surface area contributed by atoms with E-state index in [4.69, 9.17) is 4.42 Å². The third-order valence-corrected chi connectivity index (χ3v) is 8.74. The van der Waals surface area contributed by atoms with Crippen LogP contribution in [0.25, 0.3) is 0 Å². The predicted octanol–water partition coefficient (Wildman–Crippen LogP) is 3.54. The fourth-order valence-electron chi connectivity index (χ4n) is 3.46. The van der Waals surface area contributed by atoms with Crippen molar-refractivity contribution in [3.8, 4) is 0 Å². The van der Waals surface area contributed by atoms with E-state index in [1.165, 1.54) is 52.8 Å². The number of furan rings is 1. The number of nitrogens with zero attached hydrogens (tertiary/aromatic N) is 1. The molecule has 0 aliphatic carbocycles. The van der Waals surface area contributed by atoms with Crippen molar-refractivity contribution in [3.63, 3.8) is 0 Å². The summed E-state index contributed by atoms with van der Waals surface area (Å²) in [6.07, 6.45) is 2.72. The zero-order chi connectivity index (χ0) is 22.8. The highest BCUT2D eigenvalue weighted by Gasteiger charge is 2.26. The van der Waals surface area contributed by atoms with Gasteiger partial charge in [-0.2, -0.15) is 4.31 Å². The zero-order valence-electron chi connectivity index (χ0n) is 17.1. The topological polar surface area (TPSA) is 114 Å². The lowest BCUT2D eigenvalue weighted by molar-refractivity contribution is 0.0991. The minimum absolute atomic E-state index is 0.0619. The molecule has 1 saturated heterocycles. The van der Waals surface area contributed by atoms with E-state index in [1.54, 1.807) is 18.2 Å². The minimum atomic E-state index is -3.88. The van der Waals surface area contributed by atoms with E-state index in [0.29, 0.717) is 18.8 Å². The molecule has 0 bridgehead atoms. The number of carbonyl (C=O) groups excluding carboxylic acids is 1. The van der Waals surface area contributed by atoms with Crippen LogP contribution in [0.5, 0.6) is 0 Å². The van der Waals surface area contributed by atoms with Crippen LogP contribution in [0.3, 0.4) is 0 Å². The van der Waals surface area contributed by atoms with Crippen LogP contribution in [0.4, 0.5) is 5.69 Å². The van der Waals surface area contributed by atoms with E-state index in [2.05, 4.69) is 5.32 Å². The lowest BCUT2D eigenvalue weighted by Gasteiger charge is -2.25. The van der Waals surface area contributed by atoms with Gasteiger partial charge in [-0.3, -0.25) is 4.79 Å². The van der Waals surface area contributed by atoms with Crippen LogP contribution in [0.15, 0.2) is 86.0 Å². The molecule has 0 saturated carbocycles.